The number of fused-ring (bicyclic) bond motifs is 1. The lowest BCUT2D eigenvalue weighted by atomic mass is 9.83. The molecule has 2 aliphatic carbocycles. The van der Waals surface area contributed by atoms with E-state index in [2.05, 4.69) is 41.1 Å². The van der Waals surface area contributed by atoms with E-state index in [-0.39, 0.29) is 12.4 Å². The van der Waals surface area contributed by atoms with Crippen LogP contribution in [0.5, 0.6) is 5.75 Å². The molecule has 0 spiro atoms. The predicted octanol–water partition coefficient (Wildman–Crippen LogP) is 7.73. The fraction of sp³-hybridized carbons (Fsp3) is 0.531. The second-order valence-electron chi connectivity index (χ2n) is 11.3. The highest BCUT2D eigenvalue weighted by molar-refractivity contribution is 5.90. The lowest BCUT2D eigenvalue weighted by Gasteiger charge is -2.25. The summed E-state index contributed by atoms with van der Waals surface area (Å²) in [6.45, 7) is 1.08. The third kappa shape index (κ3) is 6.78. The van der Waals surface area contributed by atoms with Gasteiger partial charge in [-0.25, -0.2) is 0 Å². The second-order valence-corrected chi connectivity index (χ2v) is 11.3. The lowest BCUT2D eigenvalue weighted by Crippen LogP contribution is -2.27. The summed E-state index contributed by atoms with van der Waals surface area (Å²) in [4.78, 5) is 12.9. The molecule has 0 unspecified atom stereocenters. The molecule has 2 N–H and O–H groups in total. The van der Waals surface area contributed by atoms with Crippen molar-refractivity contribution >= 4 is 29.1 Å². The first-order valence-electron chi connectivity index (χ1n) is 14.1. The summed E-state index contributed by atoms with van der Waals surface area (Å²) in [5, 5.41) is 1.28. The fourth-order valence-corrected chi connectivity index (χ4v) is 6.51. The molecule has 5 heteroatoms. The van der Waals surface area contributed by atoms with Crippen LogP contribution in [0.2, 0.25) is 0 Å². The monoisotopic (exact) mass is 522 g/mol. The quantitative estimate of drug-likeness (QED) is 0.313. The molecule has 0 radical (unpaired) electrons. The van der Waals surface area contributed by atoms with Crippen molar-refractivity contribution in [3.8, 4) is 16.9 Å². The lowest BCUT2D eigenvalue weighted by molar-refractivity contribution is -0.120. The standard InChI is InChI=1S/C32H42N2O2.ClH/c1-36-32-10-6-5-9-29(32)25-14-18-31-30(20-25)26(22-34(31)21-24-7-3-2-4-8-24)13-17-28(35)19-23-11-15-27(33)16-12-23;/h5-6,9-10,14,18,20,22-24,27H,2-4,7-8,11-13,15-17,19,21,33H2,1H3;1H. The topological polar surface area (TPSA) is 57.2 Å². The molecule has 2 aromatic carbocycles. The van der Waals surface area contributed by atoms with Crippen molar-refractivity contribution in [1.29, 1.82) is 0 Å². The molecule has 0 aliphatic heterocycles. The number of carbonyl (C=O) groups is 1. The first-order valence-corrected chi connectivity index (χ1v) is 14.1. The maximum absolute atomic E-state index is 12.9. The number of ether oxygens (including phenoxy) is 1. The molecule has 200 valence electrons. The summed E-state index contributed by atoms with van der Waals surface area (Å²) in [6.07, 6.45) is 15.6. The van der Waals surface area contributed by atoms with Crippen molar-refractivity contribution in [2.24, 2.45) is 17.6 Å². The Morgan fingerprint density at radius 3 is 2.49 bits per heavy atom. The number of nitrogens with two attached hydrogens (primary N) is 1. The van der Waals surface area contributed by atoms with E-state index in [0.29, 0.717) is 24.2 Å². The van der Waals surface area contributed by atoms with Crippen LogP contribution in [-0.2, 0) is 17.8 Å². The van der Waals surface area contributed by atoms with Gasteiger partial charge in [0.2, 0.25) is 0 Å². The maximum atomic E-state index is 12.9. The van der Waals surface area contributed by atoms with Crippen molar-refractivity contribution in [3.05, 3.63) is 54.2 Å². The number of Topliss-reactive ketones (excluding diaryl/α,β-unsaturated/α-hetero) is 1. The Bertz CT molecular complexity index is 1170. The van der Waals surface area contributed by atoms with Crippen LogP contribution in [0.15, 0.2) is 48.7 Å². The van der Waals surface area contributed by atoms with E-state index in [1.807, 2.05) is 12.1 Å². The van der Waals surface area contributed by atoms with Gasteiger partial charge in [-0.15, -0.1) is 12.4 Å². The van der Waals surface area contributed by atoms with E-state index in [9.17, 15) is 4.79 Å². The Labute approximate surface area is 228 Å². The van der Waals surface area contributed by atoms with E-state index in [0.717, 1.165) is 62.3 Å². The Balaban J connectivity index is 0.00000320. The van der Waals surface area contributed by atoms with Crippen LogP contribution in [0.3, 0.4) is 0 Å². The van der Waals surface area contributed by atoms with Gasteiger partial charge in [-0.3, -0.25) is 4.79 Å². The van der Waals surface area contributed by atoms with Crippen LogP contribution in [0.4, 0.5) is 0 Å². The number of aromatic nitrogens is 1. The van der Waals surface area contributed by atoms with Crippen LogP contribution in [0.1, 0.15) is 76.2 Å². The van der Waals surface area contributed by atoms with Gasteiger partial charge in [-0.2, -0.15) is 0 Å². The molecule has 5 rings (SSSR count). The largest absolute Gasteiger partial charge is 0.496 e. The molecule has 0 atom stereocenters. The minimum absolute atomic E-state index is 0. The Morgan fingerprint density at radius 1 is 0.973 bits per heavy atom. The zero-order valence-corrected chi connectivity index (χ0v) is 23.1. The first-order chi connectivity index (χ1) is 17.6. The Hall–Kier alpha value is -2.30. The second kappa shape index (κ2) is 13.0. The molecule has 1 heterocycles. The van der Waals surface area contributed by atoms with Crippen molar-refractivity contribution in [2.75, 3.05) is 7.11 Å². The number of hydrogen-bond acceptors (Lipinski definition) is 3. The third-order valence-corrected chi connectivity index (χ3v) is 8.64. The minimum atomic E-state index is 0. The van der Waals surface area contributed by atoms with Gasteiger partial charge in [-0.05, 0) is 86.1 Å². The molecule has 4 nitrogen and oxygen atoms in total. The van der Waals surface area contributed by atoms with E-state index in [4.69, 9.17) is 10.5 Å². The summed E-state index contributed by atoms with van der Waals surface area (Å²) < 4.78 is 8.12. The smallest absolute Gasteiger partial charge is 0.133 e. The number of para-hydroxylation sites is 1. The van der Waals surface area contributed by atoms with Gasteiger partial charge in [0.25, 0.3) is 0 Å². The van der Waals surface area contributed by atoms with Crippen LogP contribution in [-0.4, -0.2) is 23.5 Å². The molecule has 1 aromatic heterocycles. The highest BCUT2D eigenvalue weighted by atomic mass is 35.5. The summed E-state index contributed by atoms with van der Waals surface area (Å²) in [7, 11) is 1.73. The summed E-state index contributed by atoms with van der Waals surface area (Å²) in [5.41, 5.74) is 10.9. The molecule has 2 fully saturated rings. The SMILES string of the molecule is COc1ccccc1-c1ccc2c(c1)c(CCC(=O)CC1CCC(N)CC1)cn2CC1CCCCC1.Cl. The molecule has 0 amide bonds. The van der Waals surface area contributed by atoms with Gasteiger partial charge in [0.05, 0.1) is 7.11 Å². The Kier molecular flexibility index (Phi) is 9.72. The summed E-state index contributed by atoms with van der Waals surface area (Å²) in [5.74, 6) is 2.59. The molecule has 0 saturated heterocycles. The number of methoxy groups -OCH3 is 1. The van der Waals surface area contributed by atoms with Crippen LogP contribution in [0, 0.1) is 11.8 Å². The highest BCUT2D eigenvalue weighted by Crippen LogP contribution is 2.35. The Morgan fingerprint density at radius 2 is 1.73 bits per heavy atom. The van der Waals surface area contributed by atoms with Crippen molar-refractivity contribution in [3.63, 3.8) is 0 Å². The molecular formula is C32H43ClN2O2. The van der Waals surface area contributed by atoms with E-state index < -0.39 is 0 Å². The fourth-order valence-electron chi connectivity index (χ4n) is 6.51. The number of hydrogen-bond donors (Lipinski definition) is 1. The van der Waals surface area contributed by atoms with Gasteiger partial charge >= 0.3 is 0 Å². The molecule has 0 bridgehead atoms. The number of rotatable bonds is 9. The average molecular weight is 523 g/mol. The van der Waals surface area contributed by atoms with Crippen LogP contribution >= 0.6 is 12.4 Å². The van der Waals surface area contributed by atoms with E-state index >= 15 is 0 Å². The van der Waals surface area contributed by atoms with Crippen molar-refractivity contribution in [2.45, 2.75) is 89.6 Å². The maximum Gasteiger partial charge on any atom is 0.133 e. The number of benzene rings is 2. The molecular weight excluding hydrogens is 480 g/mol. The normalized spacial score (nSPS) is 20.5. The van der Waals surface area contributed by atoms with Crippen LogP contribution in [0.25, 0.3) is 22.0 Å². The average Bonchev–Trinajstić information content (AvgIpc) is 3.25. The molecule has 2 saturated carbocycles. The van der Waals surface area contributed by atoms with E-state index in [1.165, 1.54) is 54.1 Å². The zero-order chi connectivity index (χ0) is 24.9. The van der Waals surface area contributed by atoms with Crippen molar-refractivity contribution in [1.82, 2.24) is 4.57 Å². The van der Waals surface area contributed by atoms with E-state index in [1.54, 1.807) is 7.11 Å². The first kappa shape index (κ1) is 27.7. The van der Waals surface area contributed by atoms with Gasteiger partial charge in [0, 0.05) is 48.1 Å². The molecule has 3 aromatic rings. The zero-order valence-electron chi connectivity index (χ0n) is 22.3. The number of nitrogens with zero attached hydrogens (tertiary/aromatic N) is 1. The van der Waals surface area contributed by atoms with Gasteiger partial charge < -0.3 is 15.0 Å². The molecule has 37 heavy (non-hydrogen) atoms. The van der Waals surface area contributed by atoms with Crippen molar-refractivity contribution < 1.29 is 9.53 Å². The van der Waals surface area contributed by atoms with Gasteiger partial charge in [0.15, 0.2) is 0 Å². The minimum Gasteiger partial charge on any atom is -0.496 e. The number of ketones is 1. The predicted molar refractivity (Wildman–Crippen MR) is 156 cm³/mol. The number of aryl methyl sites for hydroxylation is 1. The highest BCUT2D eigenvalue weighted by Gasteiger charge is 2.22. The summed E-state index contributed by atoms with van der Waals surface area (Å²) >= 11 is 0. The number of carbonyl (C=O) groups excluding carboxylic acids is 1. The van der Waals surface area contributed by atoms with Gasteiger partial charge in [0.1, 0.15) is 11.5 Å². The summed E-state index contributed by atoms with van der Waals surface area (Å²) in [6, 6.07) is 15.4. The van der Waals surface area contributed by atoms with Crippen LogP contribution < -0.4 is 10.5 Å². The number of halogens is 1. The molecule has 2 aliphatic rings. The third-order valence-electron chi connectivity index (χ3n) is 8.64. The van der Waals surface area contributed by atoms with Gasteiger partial charge in [-0.1, -0.05) is 43.5 Å².